The van der Waals surface area contributed by atoms with Crippen LogP contribution in [-0.2, 0) is 11.3 Å². The fraction of sp³-hybridized carbons (Fsp3) is 0.417. The normalized spacial score (nSPS) is 12.2. The Morgan fingerprint density at radius 2 is 2.00 bits per heavy atom. The van der Waals surface area contributed by atoms with E-state index in [1.165, 1.54) is 12.1 Å². The molecular formula is C12H16FNO. The predicted molar refractivity (Wildman–Crippen MR) is 57.7 cm³/mol. The molecule has 3 heteroatoms. The molecule has 0 spiro atoms. The highest BCUT2D eigenvalue weighted by molar-refractivity contribution is 5.78. The maximum Gasteiger partial charge on any atom is 0.223 e. The van der Waals surface area contributed by atoms with Gasteiger partial charge in [-0.05, 0) is 24.1 Å². The number of nitrogens with one attached hydrogen (secondary N) is 1. The first-order valence-corrected chi connectivity index (χ1v) is 5.15. The maximum atomic E-state index is 12.6. The first-order chi connectivity index (χ1) is 7.13. The third-order valence-corrected chi connectivity index (χ3v) is 2.44. The van der Waals surface area contributed by atoms with Crippen LogP contribution in [0.2, 0.25) is 0 Å². The third kappa shape index (κ3) is 3.70. The largest absolute Gasteiger partial charge is 0.352 e. The molecule has 1 N–H and O–H groups in total. The summed E-state index contributed by atoms with van der Waals surface area (Å²) >= 11 is 0. The van der Waals surface area contributed by atoms with Gasteiger partial charge in [0.1, 0.15) is 5.82 Å². The summed E-state index contributed by atoms with van der Waals surface area (Å²) in [5, 5.41) is 2.81. The van der Waals surface area contributed by atoms with E-state index in [4.69, 9.17) is 0 Å². The van der Waals surface area contributed by atoms with Gasteiger partial charge in [0.25, 0.3) is 0 Å². The molecule has 0 bridgehead atoms. The van der Waals surface area contributed by atoms with Crippen molar-refractivity contribution in [2.75, 3.05) is 0 Å². The minimum absolute atomic E-state index is 0.0328. The number of halogens is 1. The van der Waals surface area contributed by atoms with Crippen molar-refractivity contribution in [2.24, 2.45) is 5.92 Å². The summed E-state index contributed by atoms with van der Waals surface area (Å²) in [6.45, 7) is 4.32. The van der Waals surface area contributed by atoms with Crippen molar-refractivity contribution in [2.45, 2.75) is 26.8 Å². The molecule has 0 heterocycles. The van der Waals surface area contributed by atoms with Crippen molar-refractivity contribution in [1.29, 1.82) is 0 Å². The standard InChI is InChI=1S/C12H16FNO/c1-3-9(2)12(15)14-8-10-4-6-11(13)7-5-10/h4-7,9H,3,8H2,1-2H3,(H,14,15). The molecule has 0 saturated heterocycles. The highest BCUT2D eigenvalue weighted by atomic mass is 19.1. The van der Waals surface area contributed by atoms with Crippen LogP contribution in [0.15, 0.2) is 24.3 Å². The molecule has 0 fully saturated rings. The van der Waals surface area contributed by atoms with Gasteiger partial charge in [0.2, 0.25) is 5.91 Å². The van der Waals surface area contributed by atoms with E-state index in [-0.39, 0.29) is 17.6 Å². The van der Waals surface area contributed by atoms with Gasteiger partial charge in [-0.2, -0.15) is 0 Å². The third-order valence-electron chi connectivity index (χ3n) is 2.44. The van der Waals surface area contributed by atoms with E-state index in [9.17, 15) is 9.18 Å². The molecule has 1 aromatic carbocycles. The molecule has 0 saturated carbocycles. The van der Waals surface area contributed by atoms with Crippen LogP contribution in [-0.4, -0.2) is 5.91 Å². The number of hydrogen-bond acceptors (Lipinski definition) is 1. The second-order valence-electron chi connectivity index (χ2n) is 3.65. The van der Waals surface area contributed by atoms with E-state index in [1.54, 1.807) is 12.1 Å². The van der Waals surface area contributed by atoms with Crippen molar-refractivity contribution in [3.63, 3.8) is 0 Å². The lowest BCUT2D eigenvalue weighted by Gasteiger charge is -2.09. The SMILES string of the molecule is CCC(C)C(=O)NCc1ccc(F)cc1. The van der Waals surface area contributed by atoms with Gasteiger partial charge >= 0.3 is 0 Å². The molecule has 82 valence electrons. The molecule has 0 radical (unpaired) electrons. The van der Waals surface area contributed by atoms with Crippen LogP contribution in [0.5, 0.6) is 0 Å². The van der Waals surface area contributed by atoms with E-state index in [0.717, 1.165) is 12.0 Å². The summed E-state index contributed by atoms with van der Waals surface area (Å²) in [5.74, 6) is -0.181. The van der Waals surface area contributed by atoms with Crippen LogP contribution in [0.1, 0.15) is 25.8 Å². The lowest BCUT2D eigenvalue weighted by Crippen LogP contribution is -2.28. The predicted octanol–water partition coefficient (Wildman–Crippen LogP) is 2.49. The summed E-state index contributed by atoms with van der Waals surface area (Å²) in [4.78, 5) is 11.4. The molecule has 1 unspecified atom stereocenters. The van der Waals surface area contributed by atoms with Crippen molar-refractivity contribution in [3.8, 4) is 0 Å². The molecule has 1 amide bonds. The highest BCUT2D eigenvalue weighted by Gasteiger charge is 2.09. The second kappa shape index (κ2) is 5.49. The Hall–Kier alpha value is -1.38. The van der Waals surface area contributed by atoms with Crippen LogP contribution < -0.4 is 5.32 Å². The summed E-state index contributed by atoms with van der Waals surface area (Å²) in [6, 6.07) is 6.13. The van der Waals surface area contributed by atoms with Gasteiger partial charge in [-0.3, -0.25) is 4.79 Å². The molecule has 1 atom stereocenters. The number of amides is 1. The Balaban J connectivity index is 2.43. The summed E-state index contributed by atoms with van der Waals surface area (Å²) in [5.41, 5.74) is 0.910. The molecule has 1 aromatic rings. The average molecular weight is 209 g/mol. The molecule has 1 rings (SSSR count). The molecule has 15 heavy (non-hydrogen) atoms. The van der Waals surface area contributed by atoms with E-state index in [0.29, 0.717) is 6.54 Å². The molecular weight excluding hydrogens is 193 g/mol. The van der Waals surface area contributed by atoms with Crippen molar-refractivity contribution in [1.82, 2.24) is 5.32 Å². The topological polar surface area (TPSA) is 29.1 Å². The van der Waals surface area contributed by atoms with Gasteiger partial charge in [-0.25, -0.2) is 4.39 Å². The Bertz CT molecular complexity index is 321. The monoisotopic (exact) mass is 209 g/mol. The smallest absolute Gasteiger partial charge is 0.223 e. The Kier molecular flexibility index (Phi) is 4.28. The van der Waals surface area contributed by atoms with E-state index >= 15 is 0 Å². The number of carbonyl (C=O) groups is 1. The Morgan fingerprint density at radius 1 is 1.40 bits per heavy atom. The van der Waals surface area contributed by atoms with Gasteiger partial charge in [0.15, 0.2) is 0 Å². The van der Waals surface area contributed by atoms with E-state index in [1.807, 2.05) is 13.8 Å². The van der Waals surface area contributed by atoms with Crippen LogP contribution in [0, 0.1) is 11.7 Å². The molecule has 2 nitrogen and oxygen atoms in total. The molecule has 0 aliphatic heterocycles. The van der Waals surface area contributed by atoms with E-state index < -0.39 is 0 Å². The zero-order valence-electron chi connectivity index (χ0n) is 9.09. The van der Waals surface area contributed by atoms with E-state index in [2.05, 4.69) is 5.32 Å². The van der Waals surface area contributed by atoms with Crippen LogP contribution in [0.4, 0.5) is 4.39 Å². The number of rotatable bonds is 4. The average Bonchev–Trinajstić information content (AvgIpc) is 2.26. The van der Waals surface area contributed by atoms with Crippen molar-refractivity contribution < 1.29 is 9.18 Å². The molecule has 0 aromatic heterocycles. The van der Waals surface area contributed by atoms with Crippen molar-refractivity contribution in [3.05, 3.63) is 35.6 Å². The molecule has 0 aliphatic carbocycles. The zero-order chi connectivity index (χ0) is 11.3. The zero-order valence-corrected chi connectivity index (χ0v) is 9.09. The fourth-order valence-corrected chi connectivity index (χ4v) is 1.15. The highest BCUT2D eigenvalue weighted by Crippen LogP contribution is 2.04. The number of hydrogen-bond donors (Lipinski definition) is 1. The lowest BCUT2D eigenvalue weighted by molar-refractivity contribution is -0.124. The number of carbonyl (C=O) groups excluding carboxylic acids is 1. The first-order valence-electron chi connectivity index (χ1n) is 5.15. The van der Waals surface area contributed by atoms with Gasteiger partial charge in [0.05, 0.1) is 0 Å². The second-order valence-corrected chi connectivity index (χ2v) is 3.65. The van der Waals surface area contributed by atoms with Crippen LogP contribution in [0.3, 0.4) is 0 Å². The molecule has 0 aliphatic rings. The Morgan fingerprint density at radius 3 is 2.53 bits per heavy atom. The number of benzene rings is 1. The first kappa shape index (κ1) is 11.7. The minimum atomic E-state index is -0.257. The van der Waals surface area contributed by atoms with Gasteiger partial charge in [-0.15, -0.1) is 0 Å². The van der Waals surface area contributed by atoms with Crippen molar-refractivity contribution >= 4 is 5.91 Å². The maximum absolute atomic E-state index is 12.6. The lowest BCUT2D eigenvalue weighted by atomic mass is 10.1. The minimum Gasteiger partial charge on any atom is -0.352 e. The summed E-state index contributed by atoms with van der Waals surface area (Å²) in [6.07, 6.45) is 0.829. The summed E-state index contributed by atoms with van der Waals surface area (Å²) < 4.78 is 12.6. The quantitative estimate of drug-likeness (QED) is 0.811. The Labute approximate surface area is 89.5 Å². The summed E-state index contributed by atoms with van der Waals surface area (Å²) in [7, 11) is 0. The van der Waals surface area contributed by atoms with Gasteiger partial charge < -0.3 is 5.32 Å². The van der Waals surface area contributed by atoms with Gasteiger partial charge in [-0.1, -0.05) is 26.0 Å². The fourth-order valence-electron chi connectivity index (χ4n) is 1.15. The van der Waals surface area contributed by atoms with Crippen LogP contribution in [0.25, 0.3) is 0 Å². The van der Waals surface area contributed by atoms with Crippen LogP contribution >= 0.6 is 0 Å². The van der Waals surface area contributed by atoms with Gasteiger partial charge in [0, 0.05) is 12.5 Å².